The van der Waals surface area contributed by atoms with Gasteiger partial charge >= 0.3 is 6.09 Å². The van der Waals surface area contributed by atoms with Gasteiger partial charge in [0.25, 0.3) is 0 Å². The zero-order valence-corrected chi connectivity index (χ0v) is 9.85. The van der Waals surface area contributed by atoms with E-state index in [1.54, 1.807) is 12.1 Å². The number of carboxylic acid groups (broad SMARTS) is 1. The minimum atomic E-state index is -1.07. The summed E-state index contributed by atoms with van der Waals surface area (Å²) in [5.41, 5.74) is 0.456. The lowest BCUT2D eigenvalue weighted by atomic mass is 10.3. The van der Waals surface area contributed by atoms with Gasteiger partial charge in [-0.1, -0.05) is 23.2 Å². The molecule has 1 aromatic rings. The van der Waals surface area contributed by atoms with Gasteiger partial charge in [-0.2, -0.15) is 0 Å². The van der Waals surface area contributed by atoms with Crippen LogP contribution in [-0.2, 0) is 0 Å². The van der Waals surface area contributed by atoms with Gasteiger partial charge in [-0.3, -0.25) is 4.90 Å². The van der Waals surface area contributed by atoms with Gasteiger partial charge in [0.2, 0.25) is 0 Å². The molecule has 0 aromatic heterocycles. The molecule has 0 aliphatic heterocycles. The van der Waals surface area contributed by atoms with Crippen molar-refractivity contribution in [3.05, 3.63) is 28.2 Å². The number of amides is 1. The van der Waals surface area contributed by atoms with Crippen molar-refractivity contribution in [2.75, 3.05) is 17.3 Å². The van der Waals surface area contributed by atoms with Gasteiger partial charge < -0.3 is 5.11 Å². The van der Waals surface area contributed by atoms with Crippen molar-refractivity contribution < 1.29 is 9.90 Å². The molecule has 0 fully saturated rings. The van der Waals surface area contributed by atoms with Crippen LogP contribution in [0, 0.1) is 0 Å². The molecule has 0 saturated carbocycles. The lowest BCUT2D eigenvalue weighted by Gasteiger charge is -2.18. The van der Waals surface area contributed by atoms with E-state index in [2.05, 4.69) is 0 Å². The summed E-state index contributed by atoms with van der Waals surface area (Å²) in [6, 6.07) is 4.61. The van der Waals surface area contributed by atoms with E-state index in [1.807, 2.05) is 0 Å². The first-order chi connectivity index (χ1) is 7.06. The van der Waals surface area contributed by atoms with Crippen LogP contribution in [0.1, 0.15) is 0 Å². The molecule has 0 unspecified atom stereocenters. The van der Waals surface area contributed by atoms with Crippen molar-refractivity contribution >= 4 is 46.6 Å². The summed E-state index contributed by atoms with van der Waals surface area (Å²) in [6.07, 6.45) is -1.07. The maximum Gasteiger partial charge on any atom is 0.411 e. The molecule has 0 aliphatic carbocycles. The van der Waals surface area contributed by atoms with E-state index in [-0.39, 0.29) is 12.4 Å². The Morgan fingerprint density at radius 3 is 2.47 bits per heavy atom. The second-order valence-electron chi connectivity index (χ2n) is 2.72. The van der Waals surface area contributed by atoms with Crippen molar-refractivity contribution in [1.82, 2.24) is 0 Å². The summed E-state index contributed by atoms with van der Waals surface area (Å²) in [6.45, 7) is 0.203. The van der Waals surface area contributed by atoms with Crippen LogP contribution < -0.4 is 4.90 Å². The molecule has 0 atom stereocenters. The highest BCUT2D eigenvalue weighted by Crippen LogP contribution is 2.27. The summed E-state index contributed by atoms with van der Waals surface area (Å²) >= 11 is 17.0. The molecule has 6 heteroatoms. The molecular weight excluding hydrogens is 260 g/mol. The third-order valence-electron chi connectivity index (χ3n) is 1.75. The first kappa shape index (κ1) is 12.4. The van der Waals surface area contributed by atoms with Gasteiger partial charge in [0.05, 0.1) is 10.0 Å². The number of benzene rings is 1. The lowest BCUT2D eigenvalue weighted by molar-refractivity contribution is 0.202. The molecule has 15 heavy (non-hydrogen) atoms. The predicted molar refractivity (Wildman–Crippen MR) is 62.6 cm³/mol. The SMILES string of the molecule is O=C(O)N(CCCl)c1ccc(Cl)c(Cl)c1. The average Bonchev–Trinajstić information content (AvgIpc) is 2.18. The number of anilines is 1. The average molecular weight is 269 g/mol. The molecule has 0 spiro atoms. The quantitative estimate of drug-likeness (QED) is 0.849. The summed E-state index contributed by atoms with van der Waals surface area (Å²) in [5.74, 6) is 0.215. The van der Waals surface area contributed by atoms with E-state index < -0.39 is 6.09 Å². The molecule has 82 valence electrons. The Labute approximate surface area is 102 Å². The Morgan fingerprint density at radius 2 is 2.00 bits per heavy atom. The second kappa shape index (κ2) is 5.45. The Kier molecular flexibility index (Phi) is 4.51. The van der Waals surface area contributed by atoms with E-state index in [1.165, 1.54) is 6.07 Å². The van der Waals surface area contributed by atoms with Crippen LogP contribution in [-0.4, -0.2) is 23.6 Å². The molecular formula is C9H8Cl3NO2. The van der Waals surface area contributed by atoms with Crippen LogP contribution in [0.5, 0.6) is 0 Å². The van der Waals surface area contributed by atoms with Crippen molar-refractivity contribution in [1.29, 1.82) is 0 Å². The van der Waals surface area contributed by atoms with Gasteiger partial charge in [0.15, 0.2) is 0 Å². The number of hydrogen-bond donors (Lipinski definition) is 1. The summed E-state index contributed by atoms with van der Waals surface area (Å²) in [5, 5.41) is 9.61. The Balaban J connectivity index is 3.01. The third-order valence-corrected chi connectivity index (χ3v) is 2.66. The van der Waals surface area contributed by atoms with Crippen LogP contribution in [0.15, 0.2) is 18.2 Å². The minimum absolute atomic E-state index is 0.203. The number of halogens is 3. The first-order valence-corrected chi connectivity index (χ1v) is 5.36. The van der Waals surface area contributed by atoms with E-state index in [4.69, 9.17) is 39.9 Å². The number of alkyl halides is 1. The monoisotopic (exact) mass is 267 g/mol. The molecule has 0 aliphatic rings. The molecule has 0 saturated heterocycles. The van der Waals surface area contributed by atoms with Gasteiger partial charge in [0, 0.05) is 18.1 Å². The summed E-state index contributed by atoms with van der Waals surface area (Å²) in [4.78, 5) is 12.0. The lowest BCUT2D eigenvalue weighted by Crippen LogP contribution is -2.30. The fourth-order valence-corrected chi connectivity index (χ4v) is 1.53. The molecule has 3 nitrogen and oxygen atoms in total. The van der Waals surface area contributed by atoms with E-state index >= 15 is 0 Å². The van der Waals surface area contributed by atoms with Crippen LogP contribution in [0.25, 0.3) is 0 Å². The van der Waals surface area contributed by atoms with Gasteiger partial charge in [-0.15, -0.1) is 11.6 Å². The highest BCUT2D eigenvalue weighted by atomic mass is 35.5. The maximum atomic E-state index is 10.9. The number of nitrogens with zero attached hydrogens (tertiary/aromatic N) is 1. The number of carbonyl (C=O) groups is 1. The normalized spacial score (nSPS) is 10.1. The van der Waals surface area contributed by atoms with Crippen molar-refractivity contribution in [2.24, 2.45) is 0 Å². The van der Waals surface area contributed by atoms with Crippen LogP contribution >= 0.6 is 34.8 Å². The summed E-state index contributed by atoms with van der Waals surface area (Å²) < 4.78 is 0. The fraction of sp³-hybridized carbons (Fsp3) is 0.222. The second-order valence-corrected chi connectivity index (χ2v) is 3.91. The Hall–Kier alpha value is -0.640. The zero-order chi connectivity index (χ0) is 11.4. The van der Waals surface area contributed by atoms with Crippen molar-refractivity contribution in [3.8, 4) is 0 Å². The molecule has 0 heterocycles. The van der Waals surface area contributed by atoms with Crippen molar-refractivity contribution in [3.63, 3.8) is 0 Å². The topological polar surface area (TPSA) is 40.5 Å². The van der Waals surface area contributed by atoms with Gasteiger partial charge in [-0.25, -0.2) is 4.79 Å². The minimum Gasteiger partial charge on any atom is -0.465 e. The molecule has 1 N–H and O–H groups in total. The largest absolute Gasteiger partial charge is 0.465 e. The van der Waals surface area contributed by atoms with Crippen LogP contribution in [0.3, 0.4) is 0 Å². The van der Waals surface area contributed by atoms with Crippen molar-refractivity contribution in [2.45, 2.75) is 0 Å². The standard InChI is InChI=1S/C9H8Cl3NO2/c10-3-4-13(9(14)15)6-1-2-7(11)8(12)5-6/h1-2,5H,3-4H2,(H,14,15). The van der Waals surface area contributed by atoms with Gasteiger partial charge in [0.1, 0.15) is 0 Å². The molecule has 1 aromatic carbocycles. The van der Waals surface area contributed by atoms with E-state index in [0.717, 1.165) is 4.90 Å². The maximum absolute atomic E-state index is 10.9. The Morgan fingerprint density at radius 1 is 1.33 bits per heavy atom. The van der Waals surface area contributed by atoms with E-state index in [9.17, 15) is 4.79 Å². The Bertz CT molecular complexity index is 370. The van der Waals surface area contributed by atoms with Crippen LogP contribution in [0.4, 0.5) is 10.5 Å². The highest BCUT2D eigenvalue weighted by Gasteiger charge is 2.14. The third kappa shape index (κ3) is 3.16. The smallest absolute Gasteiger partial charge is 0.411 e. The molecule has 1 amide bonds. The summed E-state index contributed by atoms with van der Waals surface area (Å²) in [7, 11) is 0. The van der Waals surface area contributed by atoms with Crippen LogP contribution in [0.2, 0.25) is 10.0 Å². The molecule has 1 rings (SSSR count). The number of rotatable bonds is 3. The first-order valence-electron chi connectivity index (χ1n) is 4.07. The predicted octanol–water partition coefficient (Wildman–Crippen LogP) is 3.72. The molecule has 0 radical (unpaired) electrons. The van der Waals surface area contributed by atoms with E-state index in [0.29, 0.717) is 15.7 Å². The zero-order valence-electron chi connectivity index (χ0n) is 7.58. The highest BCUT2D eigenvalue weighted by molar-refractivity contribution is 6.42. The molecule has 0 bridgehead atoms. The number of hydrogen-bond acceptors (Lipinski definition) is 1. The van der Waals surface area contributed by atoms with Gasteiger partial charge in [-0.05, 0) is 18.2 Å². The fourth-order valence-electron chi connectivity index (χ4n) is 1.07.